The van der Waals surface area contributed by atoms with Crippen LogP contribution in [0.15, 0.2) is 53.1 Å². The van der Waals surface area contributed by atoms with Crippen molar-refractivity contribution in [2.45, 2.75) is 6.04 Å². The van der Waals surface area contributed by atoms with Gasteiger partial charge in [-0.2, -0.15) is 0 Å². The zero-order chi connectivity index (χ0) is 20.5. The van der Waals surface area contributed by atoms with Gasteiger partial charge in [-0.1, -0.05) is 18.2 Å². The first-order chi connectivity index (χ1) is 14.2. The van der Waals surface area contributed by atoms with Crippen molar-refractivity contribution in [2.75, 3.05) is 57.9 Å². The summed E-state index contributed by atoms with van der Waals surface area (Å²) in [6.45, 7) is 4.67. The van der Waals surface area contributed by atoms with E-state index in [1.165, 1.54) is 10.6 Å². The number of anilines is 1. The van der Waals surface area contributed by atoms with Gasteiger partial charge in [0.2, 0.25) is 0 Å². The van der Waals surface area contributed by atoms with Crippen molar-refractivity contribution in [1.82, 2.24) is 10.6 Å². The monoisotopic (exact) mass is 401 g/mol. The molecule has 1 saturated heterocycles. The van der Waals surface area contributed by atoms with Crippen molar-refractivity contribution in [3.63, 3.8) is 0 Å². The van der Waals surface area contributed by atoms with Crippen LogP contribution < -0.4 is 20.4 Å². The van der Waals surface area contributed by atoms with Crippen LogP contribution in [0.1, 0.15) is 11.8 Å². The number of para-hydroxylation sites is 1. The summed E-state index contributed by atoms with van der Waals surface area (Å²) < 4.78 is 10.5. The van der Waals surface area contributed by atoms with Gasteiger partial charge in [0.25, 0.3) is 0 Å². The molecule has 1 aliphatic rings. The minimum atomic E-state index is -0.649. The number of benzene rings is 1. The Morgan fingerprint density at radius 3 is 2.48 bits per heavy atom. The number of carbonyl (C=O) groups excluding carboxylic acids is 2. The Morgan fingerprint density at radius 1 is 1.10 bits per heavy atom. The molecule has 2 heterocycles. The van der Waals surface area contributed by atoms with Gasteiger partial charge in [0.05, 0.1) is 45.6 Å². The molecule has 29 heavy (non-hydrogen) atoms. The number of rotatable bonds is 8. The smallest absolute Gasteiger partial charge is 0.309 e. The van der Waals surface area contributed by atoms with Gasteiger partial charge in [-0.15, -0.1) is 0 Å². The summed E-state index contributed by atoms with van der Waals surface area (Å²) in [5, 5.41) is 5.28. The Labute approximate surface area is 170 Å². The molecule has 1 aromatic carbocycles. The molecule has 0 radical (unpaired) electrons. The molecule has 0 unspecified atom stereocenters. The summed E-state index contributed by atoms with van der Waals surface area (Å²) >= 11 is 0. The first-order valence-corrected chi connectivity index (χ1v) is 9.92. The molecule has 8 nitrogen and oxygen atoms in total. The number of amides is 2. The number of hydrogen-bond acceptors (Lipinski definition) is 5. The first kappa shape index (κ1) is 20.9. The van der Waals surface area contributed by atoms with E-state index in [-0.39, 0.29) is 6.04 Å². The molecule has 3 rings (SSSR count). The summed E-state index contributed by atoms with van der Waals surface area (Å²) in [6, 6.07) is 14.1. The predicted octanol–water partition coefficient (Wildman–Crippen LogP) is -0.395. The lowest BCUT2D eigenvalue weighted by Gasteiger charge is -2.37. The second-order valence-corrected chi connectivity index (χ2v) is 7.01. The topological polar surface area (TPSA) is 88.2 Å². The highest BCUT2D eigenvalue weighted by atomic mass is 16.5. The summed E-state index contributed by atoms with van der Waals surface area (Å²) in [5.74, 6) is -0.475. The van der Waals surface area contributed by atoms with Crippen LogP contribution in [0.25, 0.3) is 0 Å². The van der Waals surface area contributed by atoms with Gasteiger partial charge in [-0.25, -0.2) is 0 Å². The molecule has 1 atom stereocenters. The van der Waals surface area contributed by atoms with Gasteiger partial charge in [0, 0.05) is 19.3 Å². The number of nitrogens with zero attached hydrogens (tertiary/aromatic N) is 1. The second kappa shape index (κ2) is 10.6. The number of carbonyl (C=O) groups is 2. The third-order valence-corrected chi connectivity index (χ3v) is 5.17. The quantitative estimate of drug-likeness (QED) is 0.414. The maximum Gasteiger partial charge on any atom is 0.309 e. The van der Waals surface area contributed by atoms with Crippen LogP contribution in [-0.4, -0.2) is 64.8 Å². The van der Waals surface area contributed by atoms with Crippen molar-refractivity contribution in [1.29, 1.82) is 0 Å². The summed E-state index contributed by atoms with van der Waals surface area (Å²) in [7, 11) is 1.54. The lowest BCUT2D eigenvalue weighted by molar-refractivity contribution is -0.932. The average molecular weight is 401 g/mol. The summed E-state index contributed by atoms with van der Waals surface area (Å²) in [4.78, 5) is 27.7. The molecule has 2 aromatic rings. The van der Waals surface area contributed by atoms with Gasteiger partial charge in [-0.05, 0) is 24.3 Å². The highest BCUT2D eigenvalue weighted by Gasteiger charge is 2.31. The molecule has 0 spiro atoms. The fourth-order valence-electron chi connectivity index (χ4n) is 3.60. The van der Waals surface area contributed by atoms with Crippen LogP contribution in [0.4, 0.5) is 5.69 Å². The molecule has 1 aliphatic heterocycles. The fraction of sp³-hybridized carbons (Fsp3) is 0.429. The van der Waals surface area contributed by atoms with Gasteiger partial charge < -0.3 is 29.6 Å². The lowest BCUT2D eigenvalue weighted by atomic mass is 10.1. The minimum Gasteiger partial charge on any atom is -0.463 e. The highest BCUT2D eigenvalue weighted by molar-refractivity contribution is 6.35. The maximum absolute atomic E-state index is 12.1. The molecule has 156 valence electrons. The standard InChI is InChI=1S/C21H28N4O4/c1-28-15-9-22-20(26)21(27)23-16-18(19-8-5-14-29-19)25-12-10-24(11-13-25)17-6-3-2-4-7-17/h2-8,14,18H,9-13,15-16H2,1H3,(H,22,26)(H,23,27)/p+1/t18-/m1/s1. The minimum absolute atomic E-state index is 0.0429. The first-order valence-electron chi connectivity index (χ1n) is 9.92. The Hall–Kier alpha value is -2.84. The molecule has 0 aliphatic carbocycles. The van der Waals surface area contributed by atoms with Crippen LogP contribution in [0.3, 0.4) is 0 Å². The number of ether oxygens (including phenoxy) is 1. The van der Waals surface area contributed by atoms with E-state index < -0.39 is 11.8 Å². The van der Waals surface area contributed by atoms with E-state index in [9.17, 15) is 9.59 Å². The third kappa shape index (κ3) is 5.82. The SMILES string of the molecule is COCCNC(=O)C(=O)NC[C@H](c1ccco1)[NH+]1CCN(c2ccccc2)CC1. The van der Waals surface area contributed by atoms with E-state index in [1.807, 2.05) is 30.3 Å². The average Bonchev–Trinajstić information content (AvgIpc) is 3.29. The lowest BCUT2D eigenvalue weighted by Crippen LogP contribution is -3.15. The molecular formula is C21H29N4O4+. The number of nitrogens with one attached hydrogen (secondary N) is 3. The molecular weight excluding hydrogens is 372 g/mol. The van der Waals surface area contributed by atoms with Crippen LogP contribution in [0.2, 0.25) is 0 Å². The van der Waals surface area contributed by atoms with E-state index >= 15 is 0 Å². The third-order valence-electron chi connectivity index (χ3n) is 5.17. The van der Waals surface area contributed by atoms with Crippen molar-refractivity contribution < 1.29 is 23.6 Å². The molecule has 3 N–H and O–H groups in total. The van der Waals surface area contributed by atoms with Gasteiger partial charge in [0.15, 0.2) is 11.8 Å². The summed E-state index contributed by atoms with van der Waals surface area (Å²) in [6.07, 6.45) is 1.64. The molecule has 1 fully saturated rings. The van der Waals surface area contributed by atoms with Crippen molar-refractivity contribution in [3.8, 4) is 0 Å². The van der Waals surface area contributed by atoms with E-state index in [0.29, 0.717) is 19.7 Å². The molecule has 0 bridgehead atoms. The molecule has 8 heteroatoms. The Kier molecular flexibility index (Phi) is 7.66. The number of methoxy groups -OCH3 is 1. The zero-order valence-corrected chi connectivity index (χ0v) is 16.7. The van der Waals surface area contributed by atoms with E-state index in [1.54, 1.807) is 13.4 Å². The van der Waals surface area contributed by atoms with Crippen molar-refractivity contribution >= 4 is 17.5 Å². The highest BCUT2D eigenvalue weighted by Crippen LogP contribution is 2.14. The van der Waals surface area contributed by atoms with Crippen LogP contribution in [0, 0.1) is 0 Å². The van der Waals surface area contributed by atoms with Crippen LogP contribution in [0.5, 0.6) is 0 Å². The van der Waals surface area contributed by atoms with Crippen LogP contribution >= 0.6 is 0 Å². The molecule has 1 aromatic heterocycles. The van der Waals surface area contributed by atoms with E-state index in [4.69, 9.17) is 9.15 Å². The normalized spacial score (nSPS) is 15.7. The number of quaternary nitrogens is 1. The zero-order valence-electron chi connectivity index (χ0n) is 16.7. The van der Waals surface area contributed by atoms with Crippen LogP contribution in [-0.2, 0) is 14.3 Å². The number of hydrogen-bond donors (Lipinski definition) is 3. The fourth-order valence-corrected chi connectivity index (χ4v) is 3.60. The van der Waals surface area contributed by atoms with Gasteiger partial charge in [-0.3, -0.25) is 9.59 Å². The molecule has 0 saturated carbocycles. The van der Waals surface area contributed by atoms with E-state index in [0.717, 1.165) is 31.9 Å². The maximum atomic E-state index is 12.1. The molecule has 2 amide bonds. The van der Waals surface area contributed by atoms with Gasteiger partial charge in [0.1, 0.15) is 0 Å². The Morgan fingerprint density at radius 2 is 1.83 bits per heavy atom. The number of furan rings is 1. The second-order valence-electron chi connectivity index (χ2n) is 7.01. The Balaban J connectivity index is 1.56. The predicted molar refractivity (Wildman–Crippen MR) is 109 cm³/mol. The Bertz CT molecular complexity index is 758. The number of piperazine rings is 1. The van der Waals surface area contributed by atoms with E-state index in [2.05, 4.69) is 27.7 Å². The van der Waals surface area contributed by atoms with Crippen molar-refractivity contribution in [2.24, 2.45) is 0 Å². The summed E-state index contributed by atoms with van der Waals surface area (Å²) in [5.41, 5.74) is 1.22. The van der Waals surface area contributed by atoms with Crippen molar-refractivity contribution in [3.05, 3.63) is 54.5 Å². The van der Waals surface area contributed by atoms with Gasteiger partial charge >= 0.3 is 11.8 Å². The largest absolute Gasteiger partial charge is 0.463 e.